The molecule has 2 aromatic carbocycles. The summed E-state index contributed by atoms with van der Waals surface area (Å²) in [7, 11) is 0. The summed E-state index contributed by atoms with van der Waals surface area (Å²) in [5, 5.41) is 13.6. The van der Waals surface area contributed by atoms with Gasteiger partial charge in [0, 0.05) is 5.39 Å². The lowest BCUT2D eigenvalue weighted by molar-refractivity contribution is -0.879. The molecule has 0 N–H and O–H groups in total. The number of likely N-dealkylation sites (N-methyl/N-ethyl adjacent to an activating group) is 1. The Morgan fingerprint density at radius 3 is 2.40 bits per heavy atom. The highest BCUT2D eigenvalue weighted by atomic mass is 16.5. The molecule has 4 heteroatoms. The van der Waals surface area contributed by atoms with E-state index in [4.69, 9.17) is 4.98 Å². The smallest absolute Gasteiger partial charge is 0.130 e. The van der Waals surface area contributed by atoms with E-state index in [2.05, 4.69) is 53.4 Å². The molecule has 2 heterocycles. The van der Waals surface area contributed by atoms with Gasteiger partial charge in [0.25, 0.3) is 0 Å². The number of hydrogen-bond donors (Lipinski definition) is 0. The van der Waals surface area contributed by atoms with Crippen LogP contribution in [0.3, 0.4) is 0 Å². The molecular formula is C21H23N3O. The Balaban J connectivity index is 1.76. The summed E-state index contributed by atoms with van der Waals surface area (Å²) >= 11 is 0. The molecule has 4 rings (SSSR count). The molecule has 4 nitrogen and oxygen atoms in total. The minimum atomic E-state index is -0.0877. The van der Waals surface area contributed by atoms with Crippen molar-refractivity contribution in [2.24, 2.45) is 0 Å². The van der Waals surface area contributed by atoms with Gasteiger partial charge in [-0.3, -0.25) is 0 Å². The maximum atomic E-state index is 12.5. The topological polar surface area (TPSA) is 39.2 Å². The highest BCUT2D eigenvalue weighted by Gasteiger charge is 2.25. The van der Waals surface area contributed by atoms with E-state index in [-0.39, 0.29) is 4.65 Å². The minimum absolute atomic E-state index is 0.0877. The van der Waals surface area contributed by atoms with Crippen molar-refractivity contribution < 1.29 is 4.65 Å². The predicted molar refractivity (Wildman–Crippen MR) is 103 cm³/mol. The number of fused-ring (bicyclic) bond motifs is 1. The number of nitrogens with zero attached hydrogens (tertiary/aromatic N) is 3. The zero-order valence-corrected chi connectivity index (χ0v) is 14.6. The Labute approximate surface area is 148 Å². The molecule has 3 aromatic rings. The van der Waals surface area contributed by atoms with Crippen molar-refractivity contribution in [1.29, 1.82) is 0 Å². The van der Waals surface area contributed by atoms with Crippen LogP contribution in [-0.4, -0.2) is 42.4 Å². The summed E-state index contributed by atoms with van der Waals surface area (Å²) < 4.78 is -0.0877. The number of anilines is 1. The fourth-order valence-corrected chi connectivity index (χ4v) is 3.55. The van der Waals surface area contributed by atoms with Gasteiger partial charge in [-0.15, -0.1) is 0 Å². The van der Waals surface area contributed by atoms with Gasteiger partial charge in [-0.25, -0.2) is 4.98 Å². The summed E-state index contributed by atoms with van der Waals surface area (Å²) in [6, 6.07) is 20.9. The number of pyridine rings is 1. The van der Waals surface area contributed by atoms with E-state index in [1.54, 1.807) is 0 Å². The van der Waals surface area contributed by atoms with Gasteiger partial charge in [-0.1, -0.05) is 48.5 Å². The van der Waals surface area contributed by atoms with Crippen molar-refractivity contribution in [1.82, 2.24) is 4.98 Å². The molecule has 0 amide bonds. The molecule has 0 saturated carbocycles. The average molecular weight is 333 g/mol. The van der Waals surface area contributed by atoms with Crippen LogP contribution in [0, 0.1) is 5.21 Å². The van der Waals surface area contributed by atoms with E-state index < -0.39 is 0 Å². The van der Waals surface area contributed by atoms with Crippen LogP contribution < -0.4 is 4.90 Å². The highest BCUT2D eigenvalue weighted by Crippen LogP contribution is 2.31. The summed E-state index contributed by atoms with van der Waals surface area (Å²) in [6.07, 6.45) is 0. The van der Waals surface area contributed by atoms with Gasteiger partial charge in [0.1, 0.15) is 5.82 Å². The lowest BCUT2D eigenvalue weighted by atomic mass is 10.0. The molecule has 0 unspecified atom stereocenters. The molecule has 0 atom stereocenters. The fraction of sp³-hybridized carbons (Fsp3) is 0.286. The van der Waals surface area contributed by atoms with Gasteiger partial charge >= 0.3 is 0 Å². The zero-order chi connectivity index (χ0) is 17.3. The van der Waals surface area contributed by atoms with E-state index in [0.29, 0.717) is 19.6 Å². The minimum Gasteiger partial charge on any atom is -0.633 e. The number of hydroxylamine groups is 3. The van der Waals surface area contributed by atoms with E-state index in [0.717, 1.165) is 29.8 Å². The van der Waals surface area contributed by atoms with Crippen LogP contribution in [0.1, 0.15) is 6.92 Å². The largest absolute Gasteiger partial charge is 0.633 e. The van der Waals surface area contributed by atoms with Gasteiger partial charge < -0.3 is 14.8 Å². The number of hydrogen-bond acceptors (Lipinski definition) is 3. The number of para-hydroxylation sites is 1. The quantitative estimate of drug-likeness (QED) is 0.536. The predicted octanol–water partition coefficient (Wildman–Crippen LogP) is 4.06. The first-order chi connectivity index (χ1) is 12.2. The number of rotatable bonds is 3. The average Bonchev–Trinajstić information content (AvgIpc) is 2.68. The maximum absolute atomic E-state index is 12.5. The van der Waals surface area contributed by atoms with Crippen LogP contribution in [-0.2, 0) is 0 Å². The van der Waals surface area contributed by atoms with Crippen LogP contribution in [0.4, 0.5) is 5.82 Å². The Bertz CT molecular complexity index is 871. The van der Waals surface area contributed by atoms with Gasteiger partial charge in [0.2, 0.25) is 0 Å². The Kier molecular flexibility index (Phi) is 4.15. The molecule has 1 saturated heterocycles. The molecule has 1 aliphatic rings. The molecule has 1 aliphatic heterocycles. The Morgan fingerprint density at radius 1 is 1.00 bits per heavy atom. The van der Waals surface area contributed by atoms with Crippen LogP contribution in [0.25, 0.3) is 22.0 Å². The zero-order valence-electron chi connectivity index (χ0n) is 14.6. The molecule has 1 fully saturated rings. The number of piperazine rings is 1. The van der Waals surface area contributed by atoms with Crippen molar-refractivity contribution in [3.8, 4) is 11.1 Å². The van der Waals surface area contributed by atoms with Gasteiger partial charge in [-0.05, 0) is 30.2 Å². The summed E-state index contributed by atoms with van der Waals surface area (Å²) in [4.78, 5) is 7.13. The Hall–Kier alpha value is -2.43. The lowest BCUT2D eigenvalue weighted by Gasteiger charge is -2.48. The second kappa shape index (κ2) is 6.47. The van der Waals surface area contributed by atoms with E-state index in [1.165, 1.54) is 11.1 Å². The molecule has 128 valence electrons. The van der Waals surface area contributed by atoms with Crippen molar-refractivity contribution in [2.45, 2.75) is 6.92 Å². The second-order valence-corrected chi connectivity index (χ2v) is 6.72. The monoisotopic (exact) mass is 333 g/mol. The van der Waals surface area contributed by atoms with Crippen molar-refractivity contribution in [3.63, 3.8) is 0 Å². The van der Waals surface area contributed by atoms with Crippen molar-refractivity contribution >= 4 is 16.7 Å². The van der Waals surface area contributed by atoms with Gasteiger partial charge in [0.05, 0.1) is 38.2 Å². The number of quaternary nitrogens is 1. The van der Waals surface area contributed by atoms with Crippen LogP contribution in [0.2, 0.25) is 0 Å². The lowest BCUT2D eigenvalue weighted by Crippen LogP contribution is -2.56. The van der Waals surface area contributed by atoms with E-state index in [9.17, 15) is 5.21 Å². The third-order valence-corrected chi connectivity index (χ3v) is 5.24. The van der Waals surface area contributed by atoms with Crippen LogP contribution in [0.5, 0.6) is 0 Å². The van der Waals surface area contributed by atoms with Crippen LogP contribution in [0.15, 0.2) is 60.7 Å². The second-order valence-electron chi connectivity index (χ2n) is 6.72. The molecule has 0 spiro atoms. The standard InChI is InChI=1S/C21H23N3O/c1-2-24(25)14-12-23(13-15-24)21-16-19(17-8-4-3-5-9-17)18-10-6-7-11-20(18)22-21/h3-11,16H,2,12-15H2,1H3. The maximum Gasteiger partial charge on any atom is 0.130 e. The molecule has 0 bridgehead atoms. The van der Waals surface area contributed by atoms with Crippen LogP contribution >= 0.6 is 0 Å². The van der Waals surface area contributed by atoms with E-state index in [1.807, 2.05) is 19.1 Å². The third kappa shape index (κ3) is 3.11. The summed E-state index contributed by atoms with van der Waals surface area (Å²) in [6.45, 7) is 5.41. The molecule has 0 radical (unpaired) electrons. The fourth-order valence-electron chi connectivity index (χ4n) is 3.55. The molecule has 1 aromatic heterocycles. The SMILES string of the molecule is CC[N+]1([O-])CCN(c2cc(-c3ccccc3)c3ccccc3n2)CC1. The van der Waals surface area contributed by atoms with Gasteiger partial charge in [0.15, 0.2) is 0 Å². The summed E-state index contributed by atoms with van der Waals surface area (Å²) in [5.74, 6) is 0.972. The normalized spacial score (nSPS) is 17.0. The van der Waals surface area contributed by atoms with Gasteiger partial charge in [-0.2, -0.15) is 0 Å². The first-order valence-corrected chi connectivity index (χ1v) is 8.96. The molecule has 0 aliphatic carbocycles. The molecule has 25 heavy (non-hydrogen) atoms. The summed E-state index contributed by atoms with van der Waals surface area (Å²) in [5.41, 5.74) is 3.40. The number of aromatic nitrogens is 1. The number of benzene rings is 2. The Morgan fingerprint density at radius 2 is 1.68 bits per heavy atom. The highest BCUT2D eigenvalue weighted by molar-refractivity contribution is 5.96. The first-order valence-electron chi connectivity index (χ1n) is 8.96. The van der Waals surface area contributed by atoms with Crippen molar-refractivity contribution in [3.05, 3.63) is 65.9 Å². The third-order valence-electron chi connectivity index (χ3n) is 5.24. The molecular weight excluding hydrogens is 310 g/mol. The van der Waals surface area contributed by atoms with E-state index >= 15 is 0 Å². The van der Waals surface area contributed by atoms with Crippen molar-refractivity contribution in [2.75, 3.05) is 37.6 Å². The first kappa shape index (κ1) is 16.1.